The van der Waals surface area contributed by atoms with Gasteiger partial charge in [0.15, 0.2) is 0 Å². The van der Waals surface area contributed by atoms with Crippen LogP contribution in [0.5, 0.6) is 0 Å². The smallest absolute Gasteiger partial charge is 0.255 e. The standard InChI is InChI=1S/C21H26N4O2/c26-20(5-4-16-6-10-22-11-7-16)24-15-17-2-1-3-19(14-17)25-21(27)18-8-12-23-13-9-18/h1-3,8-9,12-14,16,22H,4-7,10-11,15H2,(H,24,26)(H,25,27). The summed E-state index contributed by atoms with van der Waals surface area (Å²) < 4.78 is 0. The molecule has 1 fully saturated rings. The number of nitrogens with one attached hydrogen (secondary N) is 3. The number of anilines is 1. The van der Waals surface area contributed by atoms with E-state index in [9.17, 15) is 9.59 Å². The molecule has 1 aliphatic rings. The Morgan fingerprint density at radius 3 is 2.67 bits per heavy atom. The van der Waals surface area contributed by atoms with Gasteiger partial charge in [0.2, 0.25) is 5.91 Å². The third-order valence-electron chi connectivity index (χ3n) is 4.86. The van der Waals surface area contributed by atoms with E-state index in [0.717, 1.165) is 37.9 Å². The zero-order valence-corrected chi connectivity index (χ0v) is 15.4. The number of piperidine rings is 1. The molecule has 1 saturated heterocycles. The monoisotopic (exact) mass is 366 g/mol. The van der Waals surface area contributed by atoms with Crippen LogP contribution in [0.4, 0.5) is 5.69 Å². The summed E-state index contributed by atoms with van der Waals surface area (Å²) in [6, 6.07) is 10.9. The summed E-state index contributed by atoms with van der Waals surface area (Å²) >= 11 is 0. The lowest BCUT2D eigenvalue weighted by molar-refractivity contribution is -0.121. The molecule has 2 amide bonds. The highest BCUT2D eigenvalue weighted by Gasteiger charge is 2.14. The molecule has 1 aliphatic heterocycles. The van der Waals surface area contributed by atoms with Crippen molar-refractivity contribution in [3.63, 3.8) is 0 Å². The molecule has 3 rings (SSSR count). The minimum atomic E-state index is -0.180. The van der Waals surface area contributed by atoms with Crippen LogP contribution in [0.2, 0.25) is 0 Å². The van der Waals surface area contributed by atoms with Gasteiger partial charge in [-0.05, 0) is 68.1 Å². The number of carbonyl (C=O) groups excluding carboxylic acids is 2. The first-order valence-electron chi connectivity index (χ1n) is 9.48. The van der Waals surface area contributed by atoms with Crippen molar-refractivity contribution in [3.05, 3.63) is 59.9 Å². The maximum atomic E-state index is 12.2. The quantitative estimate of drug-likeness (QED) is 0.704. The minimum Gasteiger partial charge on any atom is -0.352 e. The number of hydrogen-bond acceptors (Lipinski definition) is 4. The molecule has 0 spiro atoms. The van der Waals surface area contributed by atoms with Crippen LogP contribution >= 0.6 is 0 Å². The van der Waals surface area contributed by atoms with Gasteiger partial charge in [0.05, 0.1) is 0 Å². The Labute approximate surface area is 159 Å². The van der Waals surface area contributed by atoms with Gasteiger partial charge in [-0.3, -0.25) is 14.6 Å². The van der Waals surface area contributed by atoms with Crippen molar-refractivity contribution >= 4 is 17.5 Å². The summed E-state index contributed by atoms with van der Waals surface area (Å²) in [6.45, 7) is 2.58. The van der Waals surface area contributed by atoms with Crippen LogP contribution in [0.3, 0.4) is 0 Å². The summed E-state index contributed by atoms with van der Waals surface area (Å²) in [5, 5.41) is 9.19. The van der Waals surface area contributed by atoms with E-state index in [4.69, 9.17) is 0 Å². The molecule has 27 heavy (non-hydrogen) atoms. The fourth-order valence-electron chi connectivity index (χ4n) is 3.26. The lowest BCUT2D eigenvalue weighted by Gasteiger charge is -2.22. The molecular formula is C21H26N4O2. The van der Waals surface area contributed by atoms with Crippen LogP contribution in [-0.2, 0) is 11.3 Å². The molecular weight excluding hydrogens is 340 g/mol. The van der Waals surface area contributed by atoms with Gasteiger partial charge in [-0.15, -0.1) is 0 Å². The highest BCUT2D eigenvalue weighted by atomic mass is 16.2. The minimum absolute atomic E-state index is 0.0831. The van der Waals surface area contributed by atoms with Crippen molar-refractivity contribution in [1.29, 1.82) is 0 Å². The van der Waals surface area contributed by atoms with Crippen molar-refractivity contribution in [2.24, 2.45) is 5.92 Å². The predicted octanol–water partition coefficient (Wildman–Crippen LogP) is 2.73. The first kappa shape index (κ1) is 19.0. The molecule has 0 atom stereocenters. The summed E-state index contributed by atoms with van der Waals surface area (Å²) in [5.41, 5.74) is 2.22. The third kappa shape index (κ3) is 6.18. The zero-order chi connectivity index (χ0) is 18.9. The van der Waals surface area contributed by atoms with Gasteiger partial charge in [0.1, 0.15) is 0 Å². The number of nitrogens with zero attached hydrogens (tertiary/aromatic N) is 1. The SMILES string of the molecule is O=C(CCC1CCNCC1)NCc1cccc(NC(=O)c2ccncc2)c1. The van der Waals surface area contributed by atoms with E-state index in [1.165, 1.54) is 0 Å². The largest absolute Gasteiger partial charge is 0.352 e. The number of aromatic nitrogens is 1. The van der Waals surface area contributed by atoms with Crippen LogP contribution in [-0.4, -0.2) is 29.9 Å². The molecule has 142 valence electrons. The Morgan fingerprint density at radius 1 is 1.11 bits per heavy atom. The van der Waals surface area contributed by atoms with Crippen molar-refractivity contribution in [2.45, 2.75) is 32.2 Å². The van der Waals surface area contributed by atoms with Crippen molar-refractivity contribution in [2.75, 3.05) is 18.4 Å². The van der Waals surface area contributed by atoms with Crippen LogP contribution in [0.1, 0.15) is 41.6 Å². The molecule has 2 heterocycles. The van der Waals surface area contributed by atoms with Gasteiger partial charge in [0.25, 0.3) is 5.91 Å². The van der Waals surface area contributed by atoms with E-state index in [1.54, 1.807) is 24.5 Å². The summed E-state index contributed by atoms with van der Waals surface area (Å²) in [4.78, 5) is 28.2. The third-order valence-corrected chi connectivity index (χ3v) is 4.86. The molecule has 0 unspecified atom stereocenters. The Hall–Kier alpha value is -2.73. The average molecular weight is 366 g/mol. The number of hydrogen-bond donors (Lipinski definition) is 3. The van der Waals surface area contributed by atoms with Gasteiger partial charge in [-0.2, -0.15) is 0 Å². The molecule has 6 nitrogen and oxygen atoms in total. The summed E-state index contributed by atoms with van der Waals surface area (Å²) in [7, 11) is 0. The molecule has 3 N–H and O–H groups in total. The Bertz CT molecular complexity index is 758. The van der Waals surface area contributed by atoms with E-state index < -0.39 is 0 Å². The normalized spacial score (nSPS) is 14.5. The van der Waals surface area contributed by atoms with Gasteiger partial charge < -0.3 is 16.0 Å². The highest BCUT2D eigenvalue weighted by Crippen LogP contribution is 2.17. The van der Waals surface area contributed by atoms with E-state index in [-0.39, 0.29) is 11.8 Å². The fraction of sp³-hybridized carbons (Fsp3) is 0.381. The van der Waals surface area contributed by atoms with Crippen molar-refractivity contribution < 1.29 is 9.59 Å². The fourth-order valence-corrected chi connectivity index (χ4v) is 3.26. The number of benzene rings is 1. The number of amides is 2. The molecule has 0 saturated carbocycles. The van der Waals surface area contributed by atoms with E-state index >= 15 is 0 Å². The Morgan fingerprint density at radius 2 is 1.89 bits per heavy atom. The lowest BCUT2D eigenvalue weighted by atomic mass is 9.93. The van der Waals surface area contributed by atoms with Gasteiger partial charge in [-0.1, -0.05) is 12.1 Å². The van der Waals surface area contributed by atoms with Crippen LogP contribution in [0.25, 0.3) is 0 Å². The Kier molecular flexibility index (Phi) is 6.93. The van der Waals surface area contributed by atoms with Crippen LogP contribution < -0.4 is 16.0 Å². The van der Waals surface area contributed by atoms with Crippen LogP contribution in [0.15, 0.2) is 48.8 Å². The number of pyridine rings is 1. The van der Waals surface area contributed by atoms with E-state index in [2.05, 4.69) is 20.9 Å². The molecule has 1 aromatic carbocycles. The van der Waals surface area contributed by atoms with Crippen molar-refractivity contribution in [3.8, 4) is 0 Å². The Balaban J connectivity index is 1.45. The van der Waals surface area contributed by atoms with Gasteiger partial charge in [-0.25, -0.2) is 0 Å². The molecule has 6 heteroatoms. The maximum Gasteiger partial charge on any atom is 0.255 e. The first-order chi connectivity index (χ1) is 13.2. The molecule has 0 radical (unpaired) electrons. The first-order valence-corrected chi connectivity index (χ1v) is 9.48. The second-order valence-corrected chi connectivity index (χ2v) is 6.90. The van der Waals surface area contributed by atoms with E-state index in [1.807, 2.05) is 24.3 Å². The lowest BCUT2D eigenvalue weighted by Crippen LogP contribution is -2.29. The zero-order valence-electron chi connectivity index (χ0n) is 15.4. The van der Waals surface area contributed by atoms with Crippen LogP contribution in [0, 0.1) is 5.92 Å². The predicted molar refractivity (Wildman–Crippen MR) is 105 cm³/mol. The second kappa shape index (κ2) is 9.83. The highest BCUT2D eigenvalue weighted by molar-refractivity contribution is 6.04. The summed E-state index contributed by atoms with van der Waals surface area (Å²) in [6.07, 6.45) is 7.02. The molecule has 1 aromatic heterocycles. The maximum absolute atomic E-state index is 12.2. The molecule has 2 aromatic rings. The average Bonchev–Trinajstić information content (AvgIpc) is 2.72. The van der Waals surface area contributed by atoms with Gasteiger partial charge >= 0.3 is 0 Å². The summed E-state index contributed by atoms with van der Waals surface area (Å²) in [5.74, 6) is 0.559. The number of carbonyl (C=O) groups is 2. The molecule has 0 bridgehead atoms. The number of rotatable bonds is 7. The topological polar surface area (TPSA) is 83.1 Å². The second-order valence-electron chi connectivity index (χ2n) is 6.90. The van der Waals surface area contributed by atoms with Gasteiger partial charge in [0, 0.05) is 36.6 Å². The molecule has 0 aliphatic carbocycles. The van der Waals surface area contributed by atoms with Crippen molar-refractivity contribution in [1.82, 2.24) is 15.6 Å². The van der Waals surface area contributed by atoms with E-state index in [0.29, 0.717) is 30.1 Å².